The Morgan fingerprint density at radius 1 is 1.56 bits per heavy atom. The van der Waals surface area contributed by atoms with E-state index in [0.717, 1.165) is 17.8 Å². The Hall–Kier alpha value is -1.16. The highest BCUT2D eigenvalue weighted by Gasteiger charge is 2.27. The molecule has 1 fully saturated rings. The van der Waals surface area contributed by atoms with Crippen LogP contribution >= 0.6 is 0 Å². The zero-order valence-electron chi connectivity index (χ0n) is 9.43. The summed E-state index contributed by atoms with van der Waals surface area (Å²) in [6, 6.07) is 3.93. The summed E-state index contributed by atoms with van der Waals surface area (Å²) in [5, 5.41) is 9.31. The first kappa shape index (κ1) is 11.3. The first-order valence-electron chi connectivity index (χ1n) is 5.72. The molecule has 1 aromatic heterocycles. The molecule has 1 aliphatic rings. The number of anilines is 1. The van der Waals surface area contributed by atoms with Crippen LogP contribution in [0, 0.1) is 0 Å². The van der Waals surface area contributed by atoms with Gasteiger partial charge in [0.05, 0.1) is 24.5 Å². The molecular formula is C12H17FN2O. The van der Waals surface area contributed by atoms with Crippen LogP contribution in [-0.2, 0) is 6.42 Å². The van der Waals surface area contributed by atoms with Gasteiger partial charge in [-0.15, -0.1) is 0 Å². The Balaban J connectivity index is 2.06. The number of aromatic nitrogens is 1. The SMILES string of the molecule is CCc1ccc(N2CC[C@@H](O)[C@@H](F)C2)cn1. The molecule has 1 N–H and O–H groups in total. The highest BCUT2D eigenvalue weighted by atomic mass is 19.1. The van der Waals surface area contributed by atoms with Gasteiger partial charge in [-0.3, -0.25) is 4.98 Å². The van der Waals surface area contributed by atoms with Gasteiger partial charge in [0.25, 0.3) is 0 Å². The number of aliphatic hydroxyl groups excluding tert-OH is 1. The number of alkyl halides is 1. The van der Waals surface area contributed by atoms with Crippen molar-refractivity contribution in [2.75, 3.05) is 18.0 Å². The van der Waals surface area contributed by atoms with Gasteiger partial charge in [0.1, 0.15) is 6.17 Å². The van der Waals surface area contributed by atoms with E-state index in [1.807, 2.05) is 17.0 Å². The maximum Gasteiger partial charge on any atom is 0.143 e. The molecule has 2 heterocycles. The summed E-state index contributed by atoms with van der Waals surface area (Å²) in [5.74, 6) is 0. The molecule has 0 aliphatic carbocycles. The lowest BCUT2D eigenvalue weighted by Crippen LogP contribution is -2.44. The fourth-order valence-corrected chi connectivity index (χ4v) is 1.94. The maximum atomic E-state index is 13.3. The standard InChI is InChI=1S/C12H17FN2O/c1-2-9-3-4-10(7-14-9)15-6-5-12(16)11(13)8-15/h3-4,7,11-12,16H,2,5-6,8H2,1H3/t11-,12+/m0/s1. The van der Waals surface area contributed by atoms with Gasteiger partial charge in [0.2, 0.25) is 0 Å². The van der Waals surface area contributed by atoms with Crippen molar-refractivity contribution in [2.24, 2.45) is 0 Å². The Bertz CT molecular complexity index is 341. The monoisotopic (exact) mass is 224 g/mol. The molecule has 2 atom stereocenters. The van der Waals surface area contributed by atoms with Crippen LogP contribution in [0.2, 0.25) is 0 Å². The number of aryl methyl sites for hydroxylation is 1. The van der Waals surface area contributed by atoms with Crippen molar-refractivity contribution in [3.63, 3.8) is 0 Å². The maximum absolute atomic E-state index is 13.3. The molecule has 1 aromatic rings. The topological polar surface area (TPSA) is 36.4 Å². The number of aliphatic hydroxyl groups is 1. The minimum atomic E-state index is -1.15. The summed E-state index contributed by atoms with van der Waals surface area (Å²) in [6.07, 6.45) is 1.21. The van der Waals surface area contributed by atoms with Gasteiger partial charge in [0.15, 0.2) is 0 Å². The van der Waals surface area contributed by atoms with E-state index in [-0.39, 0.29) is 6.54 Å². The fourth-order valence-electron chi connectivity index (χ4n) is 1.94. The molecule has 1 saturated heterocycles. The molecule has 0 amide bonds. The lowest BCUT2D eigenvalue weighted by atomic mass is 10.1. The van der Waals surface area contributed by atoms with Crippen molar-refractivity contribution in [1.29, 1.82) is 0 Å². The van der Waals surface area contributed by atoms with E-state index in [2.05, 4.69) is 11.9 Å². The van der Waals surface area contributed by atoms with Gasteiger partial charge < -0.3 is 10.0 Å². The molecule has 0 unspecified atom stereocenters. The summed E-state index contributed by atoms with van der Waals surface area (Å²) >= 11 is 0. The quantitative estimate of drug-likeness (QED) is 0.828. The van der Waals surface area contributed by atoms with Crippen molar-refractivity contribution >= 4 is 5.69 Å². The molecule has 88 valence electrons. The lowest BCUT2D eigenvalue weighted by molar-refractivity contribution is 0.0615. The summed E-state index contributed by atoms with van der Waals surface area (Å²) in [5.41, 5.74) is 1.98. The van der Waals surface area contributed by atoms with Crippen molar-refractivity contribution in [2.45, 2.75) is 32.0 Å². The third-order valence-corrected chi connectivity index (χ3v) is 3.04. The molecule has 1 aliphatic heterocycles. The van der Waals surface area contributed by atoms with E-state index < -0.39 is 12.3 Å². The van der Waals surface area contributed by atoms with Gasteiger partial charge in [-0.2, -0.15) is 0 Å². The van der Waals surface area contributed by atoms with Gasteiger partial charge in [-0.1, -0.05) is 6.92 Å². The lowest BCUT2D eigenvalue weighted by Gasteiger charge is -2.33. The largest absolute Gasteiger partial charge is 0.390 e. The predicted octanol–water partition coefficient (Wildman–Crippen LogP) is 1.55. The number of halogens is 1. The summed E-state index contributed by atoms with van der Waals surface area (Å²) < 4.78 is 13.3. The highest BCUT2D eigenvalue weighted by Crippen LogP contribution is 2.21. The van der Waals surface area contributed by atoms with Crippen molar-refractivity contribution in [1.82, 2.24) is 4.98 Å². The number of hydrogen-bond donors (Lipinski definition) is 1. The summed E-state index contributed by atoms with van der Waals surface area (Å²) in [6.45, 7) is 3.00. The fraction of sp³-hybridized carbons (Fsp3) is 0.583. The van der Waals surface area contributed by atoms with E-state index in [1.54, 1.807) is 6.20 Å². The Labute approximate surface area is 94.9 Å². The van der Waals surface area contributed by atoms with Crippen molar-refractivity contribution < 1.29 is 9.50 Å². The molecular weight excluding hydrogens is 207 g/mol. The number of pyridine rings is 1. The second-order valence-electron chi connectivity index (χ2n) is 4.18. The molecule has 4 heteroatoms. The Kier molecular flexibility index (Phi) is 3.39. The number of rotatable bonds is 2. The highest BCUT2D eigenvalue weighted by molar-refractivity contribution is 5.45. The van der Waals surface area contributed by atoms with Gasteiger partial charge >= 0.3 is 0 Å². The first-order valence-corrected chi connectivity index (χ1v) is 5.72. The smallest absolute Gasteiger partial charge is 0.143 e. The number of hydrogen-bond acceptors (Lipinski definition) is 3. The van der Waals surface area contributed by atoms with Crippen LogP contribution < -0.4 is 4.90 Å². The molecule has 0 saturated carbocycles. The third kappa shape index (κ3) is 2.32. The Morgan fingerprint density at radius 3 is 2.94 bits per heavy atom. The van der Waals surface area contributed by atoms with E-state index in [1.165, 1.54) is 0 Å². The average molecular weight is 224 g/mol. The minimum Gasteiger partial charge on any atom is -0.390 e. The zero-order chi connectivity index (χ0) is 11.5. The molecule has 16 heavy (non-hydrogen) atoms. The van der Waals surface area contributed by atoms with E-state index in [9.17, 15) is 9.50 Å². The summed E-state index contributed by atoms with van der Waals surface area (Å²) in [4.78, 5) is 6.22. The number of nitrogens with zero attached hydrogens (tertiary/aromatic N) is 2. The molecule has 0 aromatic carbocycles. The first-order chi connectivity index (χ1) is 7.70. The average Bonchev–Trinajstić information content (AvgIpc) is 2.33. The Morgan fingerprint density at radius 2 is 2.38 bits per heavy atom. The molecule has 2 rings (SSSR count). The van der Waals surface area contributed by atoms with Crippen molar-refractivity contribution in [3.05, 3.63) is 24.0 Å². The second-order valence-corrected chi connectivity index (χ2v) is 4.18. The van der Waals surface area contributed by atoms with Crippen LogP contribution in [0.3, 0.4) is 0 Å². The van der Waals surface area contributed by atoms with E-state index in [4.69, 9.17) is 0 Å². The molecule has 3 nitrogen and oxygen atoms in total. The molecule has 0 radical (unpaired) electrons. The molecule has 0 bridgehead atoms. The van der Waals surface area contributed by atoms with E-state index in [0.29, 0.717) is 13.0 Å². The second kappa shape index (κ2) is 4.78. The third-order valence-electron chi connectivity index (χ3n) is 3.04. The van der Waals surface area contributed by atoms with Crippen LogP contribution in [0.15, 0.2) is 18.3 Å². The van der Waals surface area contributed by atoms with Gasteiger partial charge in [-0.25, -0.2) is 4.39 Å². The van der Waals surface area contributed by atoms with Gasteiger partial charge in [-0.05, 0) is 25.0 Å². The predicted molar refractivity (Wildman–Crippen MR) is 61.3 cm³/mol. The van der Waals surface area contributed by atoms with Crippen LogP contribution in [0.5, 0.6) is 0 Å². The summed E-state index contributed by atoms with van der Waals surface area (Å²) in [7, 11) is 0. The zero-order valence-corrected chi connectivity index (χ0v) is 9.43. The minimum absolute atomic E-state index is 0.258. The normalized spacial score (nSPS) is 25.8. The molecule has 0 spiro atoms. The van der Waals surface area contributed by atoms with E-state index >= 15 is 0 Å². The van der Waals surface area contributed by atoms with Crippen LogP contribution in [-0.4, -0.2) is 35.5 Å². The van der Waals surface area contributed by atoms with Crippen LogP contribution in [0.25, 0.3) is 0 Å². The van der Waals surface area contributed by atoms with Crippen LogP contribution in [0.4, 0.5) is 10.1 Å². The van der Waals surface area contributed by atoms with Gasteiger partial charge in [0, 0.05) is 12.2 Å². The van der Waals surface area contributed by atoms with Crippen molar-refractivity contribution in [3.8, 4) is 0 Å². The van der Waals surface area contributed by atoms with Crippen LogP contribution in [0.1, 0.15) is 19.0 Å². The number of piperidine rings is 1.